The quantitative estimate of drug-likeness (QED) is 0.759. The van der Waals surface area contributed by atoms with E-state index in [0.29, 0.717) is 17.1 Å². The molecule has 2 aromatic heterocycles. The van der Waals surface area contributed by atoms with Crippen LogP contribution in [0.4, 0.5) is 5.69 Å². The number of aromatic nitrogens is 3. The van der Waals surface area contributed by atoms with Crippen molar-refractivity contribution in [2.24, 2.45) is 5.73 Å². The average molecular weight is 342 g/mol. The van der Waals surface area contributed by atoms with Crippen molar-refractivity contribution in [3.8, 4) is 5.82 Å². The minimum atomic E-state index is -0.664. The highest BCUT2D eigenvalue weighted by Gasteiger charge is 2.11. The van der Waals surface area contributed by atoms with Crippen molar-refractivity contribution in [2.45, 2.75) is 0 Å². The van der Waals surface area contributed by atoms with Crippen LogP contribution in [-0.2, 0) is 0 Å². The number of nitrogens with one attached hydrogen (secondary N) is 1. The first-order valence-electron chi connectivity index (χ1n) is 6.89. The molecule has 0 saturated carbocycles. The zero-order chi connectivity index (χ0) is 17.1. The molecule has 2 amide bonds. The summed E-state index contributed by atoms with van der Waals surface area (Å²) in [6.07, 6.45) is 6.46. The monoisotopic (exact) mass is 341 g/mol. The lowest BCUT2D eigenvalue weighted by atomic mass is 10.2. The van der Waals surface area contributed by atoms with Crippen LogP contribution >= 0.6 is 11.6 Å². The molecule has 0 bridgehead atoms. The number of hydrogen-bond donors (Lipinski definition) is 2. The number of primary amides is 1. The van der Waals surface area contributed by atoms with E-state index in [4.69, 9.17) is 17.3 Å². The third-order valence-corrected chi connectivity index (χ3v) is 3.60. The first-order chi connectivity index (χ1) is 11.5. The smallest absolute Gasteiger partial charge is 0.257 e. The number of carbonyl (C=O) groups excluding carboxylic acids is 2. The molecule has 120 valence electrons. The van der Waals surface area contributed by atoms with Crippen LogP contribution in [0.5, 0.6) is 0 Å². The number of hydrogen-bond acceptors (Lipinski definition) is 4. The Morgan fingerprint density at radius 3 is 2.67 bits per heavy atom. The highest BCUT2D eigenvalue weighted by atomic mass is 35.5. The minimum absolute atomic E-state index is 0.142. The first-order valence-corrected chi connectivity index (χ1v) is 7.27. The van der Waals surface area contributed by atoms with E-state index in [1.54, 1.807) is 41.5 Å². The number of rotatable bonds is 4. The summed E-state index contributed by atoms with van der Waals surface area (Å²) in [5, 5.41) is 2.90. The van der Waals surface area contributed by atoms with Crippen LogP contribution in [0.25, 0.3) is 5.82 Å². The third kappa shape index (κ3) is 3.26. The van der Waals surface area contributed by atoms with Gasteiger partial charge in [0, 0.05) is 24.3 Å². The van der Waals surface area contributed by atoms with Gasteiger partial charge in [0.15, 0.2) is 0 Å². The van der Waals surface area contributed by atoms with Gasteiger partial charge in [-0.25, -0.2) is 9.97 Å². The van der Waals surface area contributed by atoms with Gasteiger partial charge in [0.25, 0.3) is 5.91 Å². The molecule has 2 heterocycles. The summed E-state index contributed by atoms with van der Waals surface area (Å²) in [5.74, 6) is -0.383. The number of anilines is 1. The van der Waals surface area contributed by atoms with Gasteiger partial charge in [-0.05, 0) is 30.3 Å². The van der Waals surface area contributed by atoms with Crippen molar-refractivity contribution in [1.29, 1.82) is 0 Å². The summed E-state index contributed by atoms with van der Waals surface area (Å²) in [6.45, 7) is 0. The largest absolute Gasteiger partial charge is 0.366 e. The number of halogens is 1. The van der Waals surface area contributed by atoms with Crippen molar-refractivity contribution in [1.82, 2.24) is 14.5 Å². The molecule has 0 unspecified atom stereocenters. The van der Waals surface area contributed by atoms with Crippen molar-refractivity contribution < 1.29 is 9.59 Å². The van der Waals surface area contributed by atoms with E-state index < -0.39 is 5.91 Å². The standard InChI is InChI=1S/C16H12ClN5O2/c17-13-3-2-11(7-12(13)15(18)23)21-16(24)10-1-4-14(20-8-10)22-6-5-19-9-22/h1-9H,(H2,18,23)(H,21,24). The van der Waals surface area contributed by atoms with Gasteiger partial charge in [-0.15, -0.1) is 0 Å². The van der Waals surface area contributed by atoms with Gasteiger partial charge >= 0.3 is 0 Å². The number of carbonyl (C=O) groups is 2. The van der Waals surface area contributed by atoms with Gasteiger partial charge in [0.05, 0.1) is 16.1 Å². The molecule has 8 heteroatoms. The first kappa shape index (κ1) is 15.7. The van der Waals surface area contributed by atoms with E-state index in [1.165, 1.54) is 18.3 Å². The summed E-state index contributed by atoms with van der Waals surface area (Å²) < 4.78 is 1.72. The molecular formula is C16H12ClN5O2. The van der Waals surface area contributed by atoms with Crippen LogP contribution in [0.15, 0.2) is 55.2 Å². The molecule has 0 saturated heterocycles. The molecule has 0 radical (unpaired) electrons. The number of nitrogens with two attached hydrogens (primary N) is 1. The number of pyridine rings is 1. The SMILES string of the molecule is NC(=O)c1cc(NC(=O)c2ccc(-n3ccnc3)nc2)ccc1Cl. The molecule has 0 aliphatic carbocycles. The number of amides is 2. The third-order valence-electron chi connectivity index (χ3n) is 3.27. The van der Waals surface area contributed by atoms with Crippen LogP contribution in [0.2, 0.25) is 5.02 Å². The summed E-state index contributed by atoms with van der Waals surface area (Å²) >= 11 is 5.88. The molecule has 0 atom stereocenters. The fraction of sp³-hybridized carbons (Fsp3) is 0. The Balaban J connectivity index is 1.78. The minimum Gasteiger partial charge on any atom is -0.366 e. The highest BCUT2D eigenvalue weighted by Crippen LogP contribution is 2.20. The Bertz CT molecular complexity index is 891. The number of imidazole rings is 1. The van der Waals surface area contributed by atoms with Crippen LogP contribution < -0.4 is 11.1 Å². The Kier molecular flexibility index (Phi) is 4.26. The summed E-state index contributed by atoms with van der Waals surface area (Å²) in [5.41, 5.74) is 6.16. The molecule has 24 heavy (non-hydrogen) atoms. The maximum Gasteiger partial charge on any atom is 0.257 e. The molecule has 3 rings (SSSR count). The number of benzene rings is 1. The Labute approximate surface area is 142 Å². The van der Waals surface area contributed by atoms with Crippen LogP contribution in [0.3, 0.4) is 0 Å². The van der Waals surface area contributed by atoms with E-state index in [9.17, 15) is 9.59 Å². The molecule has 1 aromatic carbocycles. The van der Waals surface area contributed by atoms with E-state index in [-0.39, 0.29) is 16.5 Å². The molecule has 3 N–H and O–H groups in total. The lowest BCUT2D eigenvalue weighted by Gasteiger charge is -2.08. The normalized spacial score (nSPS) is 10.4. The van der Waals surface area contributed by atoms with Crippen LogP contribution in [0, 0.1) is 0 Å². The Morgan fingerprint density at radius 2 is 2.04 bits per heavy atom. The van der Waals surface area contributed by atoms with Gasteiger partial charge in [0.2, 0.25) is 5.91 Å². The Hall–Kier alpha value is -3.19. The van der Waals surface area contributed by atoms with Gasteiger partial charge in [-0.1, -0.05) is 11.6 Å². The Morgan fingerprint density at radius 1 is 1.21 bits per heavy atom. The fourth-order valence-corrected chi connectivity index (χ4v) is 2.27. The number of nitrogens with zero attached hydrogens (tertiary/aromatic N) is 3. The van der Waals surface area contributed by atoms with Crippen molar-refractivity contribution in [2.75, 3.05) is 5.32 Å². The second-order valence-corrected chi connectivity index (χ2v) is 5.30. The predicted molar refractivity (Wildman–Crippen MR) is 89.3 cm³/mol. The lowest BCUT2D eigenvalue weighted by Crippen LogP contribution is -2.15. The van der Waals surface area contributed by atoms with Crippen molar-refractivity contribution in [3.05, 3.63) is 71.4 Å². The second kappa shape index (κ2) is 6.51. The molecule has 0 aliphatic heterocycles. The summed E-state index contributed by atoms with van der Waals surface area (Å²) in [7, 11) is 0. The van der Waals surface area contributed by atoms with E-state index >= 15 is 0 Å². The molecular weight excluding hydrogens is 330 g/mol. The molecule has 3 aromatic rings. The average Bonchev–Trinajstić information content (AvgIpc) is 3.11. The van der Waals surface area contributed by atoms with E-state index in [2.05, 4.69) is 15.3 Å². The molecule has 0 aliphatic rings. The van der Waals surface area contributed by atoms with Gasteiger partial charge < -0.3 is 11.1 Å². The summed E-state index contributed by atoms with van der Waals surface area (Å²) in [6, 6.07) is 7.85. The van der Waals surface area contributed by atoms with E-state index in [1.807, 2.05) is 0 Å². The topological polar surface area (TPSA) is 103 Å². The van der Waals surface area contributed by atoms with Crippen LogP contribution in [-0.4, -0.2) is 26.3 Å². The maximum absolute atomic E-state index is 12.3. The zero-order valence-corrected chi connectivity index (χ0v) is 13.1. The summed E-state index contributed by atoms with van der Waals surface area (Å²) in [4.78, 5) is 31.7. The highest BCUT2D eigenvalue weighted by molar-refractivity contribution is 6.34. The van der Waals surface area contributed by atoms with Crippen LogP contribution in [0.1, 0.15) is 20.7 Å². The molecule has 7 nitrogen and oxygen atoms in total. The lowest BCUT2D eigenvalue weighted by molar-refractivity contribution is 0.0996. The van der Waals surface area contributed by atoms with Gasteiger partial charge in [0.1, 0.15) is 12.1 Å². The van der Waals surface area contributed by atoms with Crippen molar-refractivity contribution >= 4 is 29.1 Å². The zero-order valence-electron chi connectivity index (χ0n) is 12.3. The predicted octanol–water partition coefficient (Wildman–Crippen LogP) is 2.27. The molecule has 0 spiro atoms. The molecule has 0 fully saturated rings. The van der Waals surface area contributed by atoms with Gasteiger partial charge in [-0.2, -0.15) is 0 Å². The maximum atomic E-state index is 12.3. The second-order valence-electron chi connectivity index (χ2n) is 4.89. The van der Waals surface area contributed by atoms with Crippen molar-refractivity contribution in [3.63, 3.8) is 0 Å². The van der Waals surface area contributed by atoms with E-state index in [0.717, 1.165) is 0 Å². The van der Waals surface area contributed by atoms with Gasteiger partial charge in [-0.3, -0.25) is 14.2 Å². The fourth-order valence-electron chi connectivity index (χ4n) is 2.06.